The van der Waals surface area contributed by atoms with Crippen LogP contribution in [-0.4, -0.2) is 37.2 Å². The fourth-order valence-electron chi connectivity index (χ4n) is 2.47. The Balaban J connectivity index is 2.08. The molecule has 0 saturated carbocycles. The second kappa shape index (κ2) is 8.53. The van der Waals surface area contributed by atoms with Gasteiger partial charge in [-0.15, -0.1) is 0 Å². The highest BCUT2D eigenvalue weighted by Gasteiger charge is 2.37. The summed E-state index contributed by atoms with van der Waals surface area (Å²) < 4.78 is 9.93. The van der Waals surface area contributed by atoms with Crippen molar-refractivity contribution >= 4 is 40.4 Å². The molecule has 2 aromatic carbocycles. The van der Waals surface area contributed by atoms with Crippen molar-refractivity contribution in [2.45, 2.75) is 0 Å². The summed E-state index contributed by atoms with van der Waals surface area (Å²) in [5.41, 5.74) is 0.795. The Labute approximate surface area is 165 Å². The summed E-state index contributed by atoms with van der Waals surface area (Å²) in [6.45, 7) is 0. The van der Waals surface area contributed by atoms with Gasteiger partial charge in [0.15, 0.2) is 5.17 Å². The molecular weight excluding hydrogens is 380 g/mol. The third-order valence-corrected chi connectivity index (χ3v) is 4.77. The summed E-state index contributed by atoms with van der Waals surface area (Å²) in [4.78, 5) is 42.5. The van der Waals surface area contributed by atoms with Crippen LogP contribution in [-0.2, 0) is 14.3 Å². The normalized spacial score (nSPS) is 16.5. The van der Waals surface area contributed by atoms with Crippen LogP contribution in [0.4, 0.5) is 5.69 Å². The SMILES string of the molecule is COC(=O)/C=C1/SC(=NC(=O)c2ccccc2)N(c2ccccc2OC)C1=O. The minimum atomic E-state index is -0.675. The fraction of sp³-hybridized carbons (Fsp3) is 0.100. The summed E-state index contributed by atoms with van der Waals surface area (Å²) in [6.07, 6.45) is 1.07. The first-order chi connectivity index (χ1) is 13.5. The highest BCUT2D eigenvalue weighted by atomic mass is 32.2. The molecule has 1 saturated heterocycles. The van der Waals surface area contributed by atoms with E-state index in [4.69, 9.17) is 4.74 Å². The maximum atomic E-state index is 12.9. The number of carbonyl (C=O) groups excluding carboxylic acids is 3. The molecule has 0 N–H and O–H groups in total. The van der Waals surface area contributed by atoms with E-state index in [-0.39, 0.29) is 10.1 Å². The van der Waals surface area contributed by atoms with Crippen LogP contribution < -0.4 is 9.64 Å². The predicted octanol–water partition coefficient (Wildman–Crippen LogP) is 3.03. The second-order valence-electron chi connectivity index (χ2n) is 5.51. The molecule has 0 radical (unpaired) electrons. The number of amides is 2. The van der Waals surface area contributed by atoms with Gasteiger partial charge in [0.05, 0.1) is 24.8 Å². The van der Waals surface area contributed by atoms with E-state index in [1.807, 2.05) is 0 Å². The van der Waals surface area contributed by atoms with Crippen LogP contribution in [0.25, 0.3) is 0 Å². The Hall–Kier alpha value is -3.39. The third kappa shape index (κ3) is 3.96. The molecular formula is C20H16N2O5S. The number of anilines is 1. The summed E-state index contributed by atoms with van der Waals surface area (Å²) in [7, 11) is 2.69. The Morgan fingerprint density at radius 1 is 1.04 bits per heavy atom. The van der Waals surface area contributed by atoms with Gasteiger partial charge in [-0.3, -0.25) is 14.5 Å². The van der Waals surface area contributed by atoms with Crippen LogP contribution in [0.3, 0.4) is 0 Å². The minimum Gasteiger partial charge on any atom is -0.495 e. The standard InChI is InChI=1S/C20H16N2O5S/c1-26-15-11-7-6-10-14(15)22-19(25)16(12-17(23)27-2)28-20(22)21-18(24)13-8-4-3-5-9-13/h3-12H,1-2H3/b16-12+,21-20?. The average molecular weight is 396 g/mol. The summed E-state index contributed by atoms with van der Waals surface area (Å²) in [6, 6.07) is 15.3. The topological polar surface area (TPSA) is 85.3 Å². The van der Waals surface area contributed by atoms with Gasteiger partial charge in [-0.05, 0) is 36.0 Å². The van der Waals surface area contributed by atoms with Crippen molar-refractivity contribution in [3.63, 3.8) is 0 Å². The molecule has 3 rings (SSSR count). The molecule has 7 nitrogen and oxygen atoms in total. The highest BCUT2D eigenvalue weighted by molar-refractivity contribution is 8.19. The molecule has 28 heavy (non-hydrogen) atoms. The lowest BCUT2D eigenvalue weighted by Crippen LogP contribution is -2.30. The second-order valence-corrected chi connectivity index (χ2v) is 6.52. The summed E-state index contributed by atoms with van der Waals surface area (Å²) in [5, 5.41) is 0.124. The maximum absolute atomic E-state index is 12.9. The van der Waals surface area contributed by atoms with Crippen molar-refractivity contribution in [2.75, 3.05) is 19.1 Å². The van der Waals surface area contributed by atoms with E-state index in [1.54, 1.807) is 54.6 Å². The average Bonchev–Trinajstić information content (AvgIpc) is 3.02. The monoisotopic (exact) mass is 396 g/mol. The third-order valence-electron chi connectivity index (χ3n) is 3.80. The zero-order valence-electron chi connectivity index (χ0n) is 15.1. The van der Waals surface area contributed by atoms with E-state index >= 15 is 0 Å². The van der Waals surface area contributed by atoms with Crippen LogP contribution in [0.1, 0.15) is 10.4 Å². The van der Waals surface area contributed by atoms with Crippen molar-refractivity contribution in [2.24, 2.45) is 4.99 Å². The number of thioether (sulfide) groups is 1. The zero-order chi connectivity index (χ0) is 20.1. The van der Waals surface area contributed by atoms with E-state index in [9.17, 15) is 14.4 Å². The van der Waals surface area contributed by atoms with Gasteiger partial charge < -0.3 is 9.47 Å². The number of nitrogens with zero attached hydrogens (tertiary/aromatic N) is 2. The number of methoxy groups -OCH3 is 2. The van der Waals surface area contributed by atoms with Gasteiger partial charge in [-0.2, -0.15) is 4.99 Å². The Morgan fingerprint density at radius 3 is 2.39 bits per heavy atom. The van der Waals surface area contributed by atoms with Crippen LogP contribution in [0, 0.1) is 0 Å². The van der Waals surface area contributed by atoms with Gasteiger partial charge in [0.1, 0.15) is 5.75 Å². The van der Waals surface area contributed by atoms with Crippen molar-refractivity contribution < 1.29 is 23.9 Å². The van der Waals surface area contributed by atoms with Crippen molar-refractivity contribution in [1.82, 2.24) is 0 Å². The number of para-hydroxylation sites is 2. The van der Waals surface area contributed by atoms with Crippen molar-refractivity contribution in [3.8, 4) is 5.75 Å². The number of benzene rings is 2. The number of rotatable bonds is 4. The predicted molar refractivity (Wildman–Crippen MR) is 106 cm³/mol. The Bertz CT molecular complexity index is 985. The lowest BCUT2D eigenvalue weighted by Gasteiger charge is -2.18. The van der Waals surface area contributed by atoms with Crippen LogP contribution in [0.5, 0.6) is 5.75 Å². The largest absolute Gasteiger partial charge is 0.495 e. The molecule has 1 aliphatic rings. The van der Waals surface area contributed by atoms with E-state index in [1.165, 1.54) is 19.1 Å². The molecule has 0 atom stereocenters. The van der Waals surface area contributed by atoms with Gasteiger partial charge >= 0.3 is 5.97 Å². The first-order valence-corrected chi connectivity index (χ1v) is 9.00. The Kier molecular flexibility index (Phi) is 5.90. The molecule has 2 amide bonds. The number of hydrogen-bond acceptors (Lipinski definition) is 6. The van der Waals surface area contributed by atoms with Crippen LogP contribution in [0.2, 0.25) is 0 Å². The van der Waals surface area contributed by atoms with E-state index < -0.39 is 17.8 Å². The van der Waals surface area contributed by atoms with Gasteiger partial charge in [0.25, 0.3) is 11.8 Å². The lowest BCUT2D eigenvalue weighted by atomic mass is 10.2. The molecule has 1 heterocycles. The number of carbonyl (C=O) groups is 3. The van der Waals surface area contributed by atoms with Crippen LogP contribution in [0.15, 0.2) is 70.6 Å². The van der Waals surface area contributed by atoms with Crippen molar-refractivity contribution in [1.29, 1.82) is 0 Å². The van der Waals surface area contributed by atoms with E-state index in [0.717, 1.165) is 17.8 Å². The van der Waals surface area contributed by atoms with Gasteiger partial charge in [0.2, 0.25) is 0 Å². The summed E-state index contributed by atoms with van der Waals surface area (Å²) >= 11 is 0.918. The Morgan fingerprint density at radius 2 is 1.71 bits per heavy atom. The maximum Gasteiger partial charge on any atom is 0.331 e. The molecule has 0 unspecified atom stereocenters. The highest BCUT2D eigenvalue weighted by Crippen LogP contribution is 2.39. The quantitative estimate of drug-likeness (QED) is 0.583. The molecule has 2 aromatic rings. The first kappa shape index (κ1) is 19.4. The molecule has 0 spiro atoms. The smallest absolute Gasteiger partial charge is 0.331 e. The minimum absolute atomic E-state index is 0.0948. The van der Waals surface area contributed by atoms with Gasteiger partial charge in [0, 0.05) is 11.6 Å². The number of amidine groups is 1. The van der Waals surface area contributed by atoms with E-state index in [2.05, 4.69) is 9.73 Å². The molecule has 0 aliphatic carbocycles. The van der Waals surface area contributed by atoms with Gasteiger partial charge in [-0.25, -0.2) is 4.79 Å². The number of hydrogen-bond donors (Lipinski definition) is 0. The molecule has 0 aromatic heterocycles. The van der Waals surface area contributed by atoms with Crippen molar-refractivity contribution in [3.05, 3.63) is 71.1 Å². The number of ether oxygens (including phenoxy) is 2. The zero-order valence-corrected chi connectivity index (χ0v) is 15.9. The first-order valence-electron chi connectivity index (χ1n) is 8.18. The van der Waals surface area contributed by atoms with Crippen LogP contribution >= 0.6 is 11.8 Å². The molecule has 1 fully saturated rings. The number of esters is 1. The fourth-order valence-corrected chi connectivity index (χ4v) is 3.41. The summed E-state index contributed by atoms with van der Waals surface area (Å²) in [5.74, 6) is -1.25. The lowest BCUT2D eigenvalue weighted by molar-refractivity contribution is -0.135. The van der Waals surface area contributed by atoms with Gasteiger partial charge in [-0.1, -0.05) is 30.3 Å². The van der Waals surface area contributed by atoms with E-state index in [0.29, 0.717) is 17.0 Å². The molecule has 0 bridgehead atoms. The molecule has 8 heteroatoms. The molecule has 1 aliphatic heterocycles. The molecule has 142 valence electrons. The number of aliphatic imine (C=N–C) groups is 1.